The topological polar surface area (TPSA) is 173 Å². The average molecular weight is 609 g/mol. The number of amides is 2. The van der Waals surface area contributed by atoms with Crippen LogP contribution in [0.2, 0.25) is 0 Å². The van der Waals surface area contributed by atoms with E-state index >= 15 is 0 Å². The highest BCUT2D eigenvalue weighted by Gasteiger charge is 2.44. The molecule has 4 N–H and O–H groups in total. The van der Waals surface area contributed by atoms with Crippen molar-refractivity contribution in [1.82, 2.24) is 9.80 Å². The number of phenols is 2. The fourth-order valence-corrected chi connectivity index (χ4v) is 8.59. The smallest absolute Gasteiger partial charge is 0.327 e. The number of aromatic hydroxyl groups is 2. The van der Waals surface area contributed by atoms with Crippen LogP contribution in [0.5, 0.6) is 11.5 Å². The summed E-state index contributed by atoms with van der Waals surface area (Å²) in [5.41, 5.74) is 0.818. The van der Waals surface area contributed by atoms with Crippen molar-refractivity contribution in [3.63, 3.8) is 0 Å². The number of thioether (sulfide) groups is 2. The van der Waals surface area contributed by atoms with Crippen LogP contribution in [-0.2, 0) is 30.0 Å². The summed E-state index contributed by atoms with van der Waals surface area (Å²) in [6.07, 6.45) is -0.458. The van der Waals surface area contributed by atoms with Gasteiger partial charge < -0.3 is 30.2 Å². The van der Waals surface area contributed by atoms with Gasteiger partial charge in [-0.25, -0.2) is 9.59 Å². The van der Waals surface area contributed by atoms with Crippen LogP contribution in [-0.4, -0.2) is 93.3 Å². The van der Waals surface area contributed by atoms with Crippen LogP contribution < -0.4 is 0 Å². The molecule has 0 bridgehead atoms. The molecule has 0 saturated carbocycles. The molecule has 2 saturated heterocycles. The Morgan fingerprint density at radius 2 is 1.10 bits per heavy atom. The highest BCUT2D eigenvalue weighted by molar-refractivity contribution is 8.00. The molecular formula is C26H28N2O9S3. The third kappa shape index (κ3) is 6.39. The Kier molecular flexibility index (Phi) is 9.64. The van der Waals surface area contributed by atoms with Crippen molar-refractivity contribution in [2.45, 2.75) is 35.7 Å². The molecule has 4 atom stereocenters. The van der Waals surface area contributed by atoms with Gasteiger partial charge in [0, 0.05) is 57.8 Å². The fourth-order valence-electron chi connectivity index (χ4n) is 4.64. The number of carbonyl (C=O) groups is 4. The van der Waals surface area contributed by atoms with Crippen molar-refractivity contribution in [3.8, 4) is 11.5 Å². The second kappa shape index (κ2) is 13.0. The van der Waals surface area contributed by atoms with Gasteiger partial charge in [-0.1, -0.05) is 36.4 Å². The third-order valence-electron chi connectivity index (χ3n) is 6.64. The van der Waals surface area contributed by atoms with Gasteiger partial charge in [0.2, 0.25) is 11.8 Å². The van der Waals surface area contributed by atoms with Crippen LogP contribution in [0.25, 0.3) is 0 Å². The largest absolute Gasteiger partial charge is 0.508 e. The Hall–Kier alpha value is -3.23. The monoisotopic (exact) mass is 608 g/mol. The Balaban J connectivity index is 1.38. The van der Waals surface area contributed by atoms with Crippen LogP contribution in [0.15, 0.2) is 48.5 Å². The quantitative estimate of drug-likeness (QED) is 0.312. The number of hydrogen-bond acceptors (Lipinski definition) is 9. The van der Waals surface area contributed by atoms with Gasteiger partial charge in [0.15, 0.2) is 0 Å². The number of aliphatic carboxylic acids is 2. The van der Waals surface area contributed by atoms with Gasteiger partial charge in [0.25, 0.3) is 0 Å². The maximum Gasteiger partial charge on any atom is 0.327 e. The molecule has 214 valence electrons. The lowest BCUT2D eigenvalue weighted by molar-refractivity contribution is -0.149. The van der Waals surface area contributed by atoms with E-state index in [1.54, 1.807) is 36.4 Å². The summed E-state index contributed by atoms with van der Waals surface area (Å²) in [6.45, 7) is 0. The van der Waals surface area contributed by atoms with E-state index in [0.29, 0.717) is 11.1 Å². The Labute approximate surface area is 241 Å². The van der Waals surface area contributed by atoms with Gasteiger partial charge in [-0.3, -0.25) is 13.8 Å². The summed E-state index contributed by atoms with van der Waals surface area (Å²) < 4.78 is 12.8. The van der Waals surface area contributed by atoms with E-state index in [0.717, 1.165) is 0 Å². The minimum Gasteiger partial charge on any atom is -0.508 e. The molecular weight excluding hydrogens is 580 g/mol. The van der Waals surface area contributed by atoms with E-state index in [9.17, 15) is 43.8 Å². The third-order valence-corrected chi connectivity index (χ3v) is 10.6. The number of carboxylic acid groups (broad SMARTS) is 2. The minimum absolute atomic E-state index is 0.0622. The average Bonchev–Trinajstić information content (AvgIpc) is 3.56. The first kappa shape index (κ1) is 29.7. The van der Waals surface area contributed by atoms with Crippen molar-refractivity contribution in [3.05, 3.63) is 59.7 Å². The molecule has 2 unspecified atom stereocenters. The highest BCUT2D eigenvalue weighted by atomic mass is 32.2. The van der Waals surface area contributed by atoms with E-state index < -0.39 is 57.4 Å². The van der Waals surface area contributed by atoms with E-state index in [1.165, 1.54) is 45.5 Å². The zero-order valence-corrected chi connectivity index (χ0v) is 23.6. The zero-order chi connectivity index (χ0) is 29.0. The lowest BCUT2D eigenvalue weighted by Gasteiger charge is -2.28. The maximum absolute atomic E-state index is 13.1. The molecule has 0 aliphatic carbocycles. The molecule has 0 spiro atoms. The highest BCUT2D eigenvalue weighted by Crippen LogP contribution is 2.45. The maximum atomic E-state index is 13.1. The summed E-state index contributed by atoms with van der Waals surface area (Å²) in [7, 11) is -1.63. The first-order valence-corrected chi connectivity index (χ1v) is 15.9. The predicted octanol–water partition coefficient (Wildman–Crippen LogP) is 2.38. The van der Waals surface area contributed by atoms with Crippen LogP contribution in [0.1, 0.15) is 34.7 Å². The molecule has 11 nitrogen and oxygen atoms in total. The number of carboxylic acids is 2. The van der Waals surface area contributed by atoms with Crippen LogP contribution in [0.3, 0.4) is 0 Å². The SMILES string of the molecule is O=C(O)[C@@H]1CSC(c2ccccc2O)N1C(=O)CCS(=O)CCC(=O)N1C(c2ccccc2O)SC[C@H]1C(=O)O. The second-order valence-corrected chi connectivity index (χ2v) is 13.1. The fraction of sp³-hybridized carbons (Fsp3) is 0.385. The molecule has 2 aromatic carbocycles. The number of nitrogens with zero attached hydrogens (tertiary/aromatic N) is 2. The summed E-state index contributed by atoms with van der Waals surface area (Å²) in [6, 6.07) is 10.5. The second-order valence-electron chi connectivity index (χ2n) is 9.15. The number of benzene rings is 2. The lowest BCUT2D eigenvalue weighted by Crippen LogP contribution is -2.43. The molecule has 40 heavy (non-hydrogen) atoms. The normalized spacial score (nSPS) is 23.2. The summed E-state index contributed by atoms with van der Waals surface area (Å²) in [4.78, 5) is 52.3. The summed E-state index contributed by atoms with van der Waals surface area (Å²) >= 11 is 2.43. The number of rotatable bonds is 10. The van der Waals surface area contributed by atoms with Crippen molar-refractivity contribution < 1.29 is 43.8 Å². The Bertz CT molecular complexity index is 1230. The number of phenolic OH excluding ortho intramolecular Hbond substituents is 2. The zero-order valence-electron chi connectivity index (χ0n) is 21.1. The minimum atomic E-state index is -1.63. The number of para-hydroxylation sites is 2. The Morgan fingerprint density at radius 1 is 0.725 bits per heavy atom. The van der Waals surface area contributed by atoms with Crippen molar-refractivity contribution in [2.24, 2.45) is 0 Å². The van der Waals surface area contributed by atoms with Crippen LogP contribution in [0, 0.1) is 0 Å². The van der Waals surface area contributed by atoms with Crippen molar-refractivity contribution in [2.75, 3.05) is 23.0 Å². The molecule has 0 aromatic heterocycles. The van der Waals surface area contributed by atoms with Crippen molar-refractivity contribution in [1.29, 1.82) is 0 Å². The van der Waals surface area contributed by atoms with E-state index in [4.69, 9.17) is 0 Å². The molecule has 2 heterocycles. The van der Waals surface area contributed by atoms with Gasteiger partial charge in [-0.2, -0.15) is 0 Å². The molecule has 2 aliphatic rings. The molecule has 14 heteroatoms. The first-order valence-electron chi connectivity index (χ1n) is 12.3. The molecule has 4 rings (SSSR count). The first-order chi connectivity index (χ1) is 19.1. The lowest BCUT2D eigenvalue weighted by atomic mass is 10.1. The van der Waals surface area contributed by atoms with Crippen molar-refractivity contribution >= 4 is 58.1 Å². The van der Waals surface area contributed by atoms with Gasteiger partial charge >= 0.3 is 11.9 Å². The number of carbonyl (C=O) groups excluding carboxylic acids is 2. The van der Waals surface area contributed by atoms with Gasteiger partial charge in [-0.15, -0.1) is 23.5 Å². The molecule has 2 fully saturated rings. The Morgan fingerprint density at radius 3 is 1.45 bits per heavy atom. The molecule has 2 aromatic rings. The van der Waals surface area contributed by atoms with Gasteiger partial charge in [0.1, 0.15) is 34.3 Å². The number of hydrogen-bond donors (Lipinski definition) is 4. The summed E-state index contributed by atoms with van der Waals surface area (Å²) in [5.74, 6) is -3.52. The summed E-state index contributed by atoms with van der Waals surface area (Å²) in [5, 5.41) is 38.4. The predicted molar refractivity (Wildman–Crippen MR) is 150 cm³/mol. The van der Waals surface area contributed by atoms with E-state index in [1.807, 2.05) is 0 Å². The molecule has 2 aliphatic heterocycles. The van der Waals surface area contributed by atoms with Crippen LogP contribution in [0.4, 0.5) is 0 Å². The van der Waals surface area contributed by atoms with E-state index in [-0.39, 0.29) is 47.4 Å². The van der Waals surface area contributed by atoms with Crippen LogP contribution >= 0.6 is 23.5 Å². The molecule has 2 amide bonds. The van der Waals surface area contributed by atoms with Gasteiger partial charge in [-0.05, 0) is 12.1 Å². The standard InChI is InChI=1S/C26H28N2O9S3/c29-19-7-3-1-5-15(19)23-27(17(13-38-23)25(33)34)21(31)9-11-40(37)12-10-22(32)28-18(26(35)36)14-39-24(28)16-6-2-4-8-20(16)30/h1-8,17-18,23-24,29-30H,9-14H2,(H,33,34)(H,35,36)/t17-,18-,23?,24?,40?/m0/s1. The van der Waals surface area contributed by atoms with Gasteiger partial charge in [0.05, 0.1) is 0 Å². The molecule has 0 radical (unpaired) electrons. The van der Waals surface area contributed by atoms with E-state index in [2.05, 4.69) is 0 Å².